The number of amides is 1. The highest BCUT2D eigenvalue weighted by molar-refractivity contribution is 7.09. The number of aromatic nitrogens is 3. The van der Waals surface area contributed by atoms with Crippen LogP contribution in [0.3, 0.4) is 0 Å². The van der Waals surface area contributed by atoms with Gasteiger partial charge in [0.15, 0.2) is 0 Å². The summed E-state index contributed by atoms with van der Waals surface area (Å²) >= 11 is 1.70. The van der Waals surface area contributed by atoms with Crippen molar-refractivity contribution in [3.05, 3.63) is 88.0 Å². The van der Waals surface area contributed by atoms with E-state index in [1.54, 1.807) is 18.4 Å². The molecule has 4 aromatic rings. The van der Waals surface area contributed by atoms with E-state index in [1.807, 2.05) is 60.3 Å². The van der Waals surface area contributed by atoms with Crippen molar-refractivity contribution in [3.8, 4) is 17.0 Å². The number of nitrogens with one attached hydrogen (secondary N) is 1. The van der Waals surface area contributed by atoms with Gasteiger partial charge in [0.1, 0.15) is 11.4 Å². The van der Waals surface area contributed by atoms with Crippen LogP contribution in [0, 0.1) is 6.92 Å². The number of thiazole rings is 1. The number of methoxy groups -OCH3 is 1. The Hall–Kier alpha value is -3.45. The minimum atomic E-state index is -0.106. The van der Waals surface area contributed by atoms with E-state index in [0.29, 0.717) is 24.3 Å². The SMILES string of the molecule is COc1ccc(-c2nn(Cc3ccccc3)cc2C(=O)NCCCCc2nc(C)cs2)cc1. The average molecular weight is 461 g/mol. The molecule has 4 rings (SSSR count). The van der Waals surface area contributed by atoms with Crippen molar-refractivity contribution in [1.29, 1.82) is 0 Å². The summed E-state index contributed by atoms with van der Waals surface area (Å²) in [6.07, 6.45) is 4.67. The summed E-state index contributed by atoms with van der Waals surface area (Å²) in [5.74, 6) is 0.661. The van der Waals surface area contributed by atoms with E-state index in [0.717, 1.165) is 46.8 Å². The van der Waals surface area contributed by atoms with Crippen LogP contribution in [0.4, 0.5) is 0 Å². The normalized spacial score (nSPS) is 10.8. The summed E-state index contributed by atoms with van der Waals surface area (Å²) in [7, 11) is 1.64. The molecule has 1 N–H and O–H groups in total. The zero-order valence-electron chi connectivity index (χ0n) is 19.0. The highest BCUT2D eigenvalue weighted by Gasteiger charge is 2.18. The third-order valence-electron chi connectivity index (χ3n) is 5.33. The Morgan fingerprint density at radius 2 is 1.88 bits per heavy atom. The molecule has 0 spiro atoms. The minimum Gasteiger partial charge on any atom is -0.497 e. The average Bonchev–Trinajstić information content (AvgIpc) is 3.45. The van der Waals surface area contributed by atoms with E-state index in [1.165, 1.54) is 0 Å². The molecule has 0 saturated carbocycles. The van der Waals surface area contributed by atoms with Gasteiger partial charge >= 0.3 is 0 Å². The van der Waals surface area contributed by atoms with Crippen molar-refractivity contribution in [2.24, 2.45) is 0 Å². The maximum Gasteiger partial charge on any atom is 0.255 e. The van der Waals surface area contributed by atoms with Gasteiger partial charge in [-0.2, -0.15) is 5.10 Å². The molecule has 170 valence electrons. The van der Waals surface area contributed by atoms with Crippen molar-refractivity contribution in [2.75, 3.05) is 13.7 Å². The second kappa shape index (κ2) is 10.9. The molecule has 0 radical (unpaired) electrons. The third kappa shape index (κ3) is 6.08. The van der Waals surface area contributed by atoms with Gasteiger partial charge in [0.05, 0.1) is 24.2 Å². The van der Waals surface area contributed by atoms with Gasteiger partial charge < -0.3 is 10.1 Å². The van der Waals surface area contributed by atoms with Crippen LogP contribution >= 0.6 is 11.3 Å². The maximum atomic E-state index is 13.1. The highest BCUT2D eigenvalue weighted by atomic mass is 32.1. The first-order chi connectivity index (χ1) is 16.1. The number of nitrogens with zero attached hydrogens (tertiary/aromatic N) is 3. The summed E-state index contributed by atoms with van der Waals surface area (Å²) < 4.78 is 7.10. The number of carbonyl (C=O) groups excluding carboxylic acids is 1. The Balaban J connectivity index is 1.45. The van der Waals surface area contributed by atoms with E-state index in [4.69, 9.17) is 9.84 Å². The molecule has 0 fully saturated rings. The summed E-state index contributed by atoms with van der Waals surface area (Å²) in [4.78, 5) is 17.6. The fraction of sp³-hybridized carbons (Fsp3) is 0.269. The second-order valence-corrected chi connectivity index (χ2v) is 8.84. The van der Waals surface area contributed by atoms with Crippen molar-refractivity contribution in [3.63, 3.8) is 0 Å². The Kier molecular flexibility index (Phi) is 7.52. The molecule has 0 aliphatic heterocycles. The number of hydrogen-bond donors (Lipinski definition) is 1. The fourth-order valence-electron chi connectivity index (χ4n) is 3.62. The number of hydrogen-bond acceptors (Lipinski definition) is 5. The first-order valence-electron chi connectivity index (χ1n) is 11.1. The van der Waals surface area contributed by atoms with Gasteiger partial charge in [-0.15, -0.1) is 11.3 Å². The van der Waals surface area contributed by atoms with Crippen LogP contribution in [0.2, 0.25) is 0 Å². The molecule has 2 aromatic heterocycles. The van der Waals surface area contributed by atoms with Gasteiger partial charge in [0.2, 0.25) is 0 Å². The topological polar surface area (TPSA) is 69.0 Å². The largest absolute Gasteiger partial charge is 0.497 e. The molecule has 0 saturated heterocycles. The Labute approximate surface area is 198 Å². The van der Waals surface area contributed by atoms with E-state index in [9.17, 15) is 4.79 Å². The van der Waals surface area contributed by atoms with Crippen molar-refractivity contribution in [2.45, 2.75) is 32.7 Å². The summed E-state index contributed by atoms with van der Waals surface area (Å²) in [6, 6.07) is 17.7. The molecule has 2 aromatic carbocycles. The lowest BCUT2D eigenvalue weighted by molar-refractivity contribution is 0.0953. The third-order valence-corrected chi connectivity index (χ3v) is 6.35. The van der Waals surface area contributed by atoms with E-state index >= 15 is 0 Å². The van der Waals surface area contributed by atoms with Crippen LogP contribution in [0.1, 0.15) is 39.5 Å². The molecule has 0 aliphatic rings. The van der Waals surface area contributed by atoms with Gasteiger partial charge in [-0.05, 0) is 56.0 Å². The number of benzene rings is 2. The first-order valence-corrected chi connectivity index (χ1v) is 12.0. The van der Waals surface area contributed by atoms with E-state index < -0.39 is 0 Å². The molecule has 0 unspecified atom stereocenters. The molecule has 2 heterocycles. The van der Waals surface area contributed by atoms with Gasteiger partial charge in [0, 0.05) is 29.4 Å². The molecular formula is C26H28N4O2S. The maximum absolute atomic E-state index is 13.1. The predicted molar refractivity (Wildman–Crippen MR) is 132 cm³/mol. The van der Waals surface area contributed by atoms with Crippen LogP contribution in [-0.4, -0.2) is 34.3 Å². The van der Waals surface area contributed by atoms with Crippen molar-refractivity contribution in [1.82, 2.24) is 20.1 Å². The molecule has 1 amide bonds. The lowest BCUT2D eigenvalue weighted by atomic mass is 10.1. The molecule has 0 atom stereocenters. The number of ether oxygens (including phenoxy) is 1. The molecule has 7 heteroatoms. The molecular weight excluding hydrogens is 432 g/mol. The zero-order chi connectivity index (χ0) is 23.0. The number of rotatable bonds is 10. The summed E-state index contributed by atoms with van der Waals surface area (Å²) in [6.45, 7) is 3.23. The van der Waals surface area contributed by atoms with Gasteiger partial charge in [0.25, 0.3) is 5.91 Å². The molecule has 0 bridgehead atoms. The second-order valence-electron chi connectivity index (χ2n) is 7.90. The Morgan fingerprint density at radius 1 is 1.09 bits per heavy atom. The lowest BCUT2D eigenvalue weighted by Crippen LogP contribution is -2.24. The van der Waals surface area contributed by atoms with Crippen LogP contribution in [0.5, 0.6) is 5.75 Å². The minimum absolute atomic E-state index is 0.106. The quantitative estimate of drug-likeness (QED) is 0.333. The first kappa shape index (κ1) is 22.7. The summed E-state index contributed by atoms with van der Waals surface area (Å²) in [5, 5.41) is 11.0. The fourth-order valence-corrected chi connectivity index (χ4v) is 4.44. The standard InChI is InChI=1S/C26H28N4O2S/c1-19-18-33-24(28-19)10-6-7-15-27-26(31)23-17-30(16-20-8-4-3-5-9-20)29-25(23)21-11-13-22(32-2)14-12-21/h3-5,8-9,11-14,17-18H,6-7,10,15-16H2,1-2H3,(H,27,31). The Morgan fingerprint density at radius 3 is 2.58 bits per heavy atom. The Bertz CT molecular complexity index is 1180. The number of aryl methyl sites for hydroxylation is 2. The van der Waals surface area contributed by atoms with Crippen LogP contribution in [0.25, 0.3) is 11.3 Å². The van der Waals surface area contributed by atoms with E-state index in [-0.39, 0.29) is 5.91 Å². The lowest BCUT2D eigenvalue weighted by Gasteiger charge is -2.06. The predicted octanol–water partition coefficient (Wildman–Crippen LogP) is 5.12. The smallest absolute Gasteiger partial charge is 0.255 e. The van der Waals surface area contributed by atoms with Crippen LogP contribution < -0.4 is 10.1 Å². The van der Waals surface area contributed by atoms with Gasteiger partial charge in [-0.25, -0.2) is 4.98 Å². The number of unbranched alkanes of at least 4 members (excludes halogenated alkanes) is 1. The van der Waals surface area contributed by atoms with Gasteiger partial charge in [-0.3, -0.25) is 9.48 Å². The van der Waals surface area contributed by atoms with E-state index in [2.05, 4.69) is 27.8 Å². The van der Waals surface area contributed by atoms with Crippen LogP contribution in [0.15, 0.2) is 66.2 Å². The van der Waals surface area contributed by atoms with Crippen molar-refractivity contribution < 1.29 is 9.53 Å². The van der Waals surface area contributed by atoms with Crippen molar-refractivity contribution >= 4 is 17.2 Å². The highest BCUT2D eigenvalue weighted by Crippen LogP contribution is 2.25. The monoisotopic (exact) mass is 460 g/mol. The zero-order valence-corrected chi connectivity index (χ0v) is 19.8. The number of carbonyl (C=O) groups is 1. The molecule has 6 nitrogen and oxygen atoms in total. The molecule has 0 aliphatic carbocycles. The molecule has 33 heavy (non-hydrogen) atoms. The summed E-state index contributed by atoms with van der Waals surface area (Å²) in [5.41, 5.74) is 4.33. The van der Waals surface area contributed by atoms with Gasteiger partial charge in [-0.1, -0.05) is 30.3 Å². The van der Waals surface area contributed by atoms with Crippen LogP contribution in [-0.2, 0) is 13.0 Å².